The van der Waals surface area contributed by atoms with E-state index in [2.05, 4.69) is 26.6 Å². The molecular formula is C41H57N7O5. The molecule has 12 nitrogen and oxygen atoms in total. The highest BCUT2D eigenvalue weighted by atomic mass is 16.2. The van der Waals surface area contributed by atoms with Gasteiger partial charge in [-0.1, -0.05) is 119 Å². The van der Waals surface area contributed by atoms with Gasteiger partial charge in [0.1, 0.15) is 12.1 Å². The Bertz CT molecular complexity index is 1590. The predicted octanol–water partition coefficient (Wildman–Crippen LogP) is 2.15. The molecule has 0 aliphatic rings. The summed E-state index contributed by atoms with van der Waals surface area (Å²) in [4.78, 5) is 66.0. The third-order valence-electron chi connectivity index (χ3n) is 8.67. The smallest absolute Gasteiger partial charge is 0.243 e. The lowest BCUT2D eigenvalue weighted by atomic mass is 10.0. The molecular weight excluding hydrogens is 670 g/mol. The van der Waals surface area contributed by atoms with Crippen LogP contribution in [0.2, 0.25) is 0 Å². The molecule has 5 amide bonds. The third kappa shape index (κ3) is 16.0. The normalized spacial score (nSPS) is 14.0. The third-order valence-corrected chi connectivity index (χ3v) is 8.67. The Kier molecular flexibility index (Phi) is 17.7. The Morgan fingerprint density at radius 1 is 0.566 bits per heavy atom. The van der Waals surface area contributed by atoms with Crippen LogP contribution in [0, 0.1) is 11.8 Å². The van der Waals surface area contributed by atoms with Gasteiger partial charge in [0, 0.05) is 25.4 Å². The molecule has 0 saturated heterocycles. The van der Waals surface area contributed by atoms with Crippen molar-refractivity contribution in [3.05, 3.63) is 108 Å². The van der Waals surface area contributed by atoms with Gasteiger partial charge in [0.05, 0.1) is 18.6 Å². The fourth-order valence-electron chi connectivity index (χ4n) is 6.02. The van der Waals surface area contributed by atoms with Crippen molar-refractivity contribution in [3.8, 4) is 0 Å². The topological polar surface area (TPSA) is 198 Å². The summed E-state index contributed by atoms with van der Waals surface area (Å²) >= 11 is 0. The van der Waals surface area contributed by atoms with E-state index in [0.29, 0.717) is 19.4 Å². The molecule has 0 aliphatic carbocycles. The van der Waals surface area contributed by atoms with E-state index in [-0.39, 0.29) is 43.7 Å². The number of hydrogen-bond donors (Lipinski definition) is 7. The molecule has 0 heterocycles. The fourth-order valence-corrected chi connectivity index (χ4v) is 6.02. The number of amides is 5. The van der Waals surface area contributed by atoms with Gasteiger partial charge in [-0.15, -0.1) is 0 Å². The van der Waals surface area contributed by atoms with Gasteiger partial charge in [-0.05, 0) is 47.8 Å². The summed E-state index contributed by atoms with van der Waals surface area (Å²) in [6.07, 6.45) is 1.79. The molecule has 0 aromatic heterocycles. The lowest BCUT2D eigenvalue weighted by Gasteiger charge is -2.26. The van der Waals surface area contributed by atoms with Crippen LogP contribution in [0.3, 0.4) is 0 Å². The van der Waals surface area contributed by atoms with E-state index >= 15 is 0 Å². The highest BCUT2D eigenvalue weighted by molar-refractivity contribution is 5.94. The summed E-state index contributed by atoms with van der Waals surface area (Å²) in [6.45, 7) is 8.06. The molecule has 3 aromatic rings. The average molecular weight is 728 g/mol. The van der Waals surface area contributed by atoms with Gasteiger partial charge in [-0.3, -0.25) is 24.0 Å². The Morgan fingerprint density at radius 3 is 1.49 bits per heavy atom. The first-order chi connectivity index (χ1) is 25.3. The molecule has 9 N–H and O–H groups in total. The van der Waals surface area contributed by atoms with Crippen LogP contribution >= 0.6 is 0 Å². The van der Waals surface area contributed by atoms with Crippen LogP contribution in [0.5, 0.6) is 0 Å². The van der Waals surface area contributed by atoms with Crippen molar-refractivity contribution in [1.82, 2.24) is 26.6 Å². The minimum absolute atomic E-state index is 0.143. The lowest BCUT2D eigenvalue weighted by Crippen LogP contribution is -2.57. The molecule has 53 heavy (non-hydrogen) atoms. The summed E-state index contributed by atoms with van der Waals surface area (Å²) in [5, 5.41) is 14.5. The van der Waals surface area contributed by atoms with Gasteiger partial charge >= 0.3 is 0 Å². The summed E-state index contributed by atoms with van der Waals surface area (Å²) in [5.74, 6) is -2.00. The Morgan fingerprint density at radius 2 is 1.02 bits per heavy atom. The van der Waals surface area contributed by atoms with Gasteiger partial charge in [-0.2, -0.15) is 0 Å². The number of benzene rings is 3. The van der Waals surface area contributed by atoms with E-state index < -0.39 is 53.7 Å². The van der Waals surface area contributed by atoms with Gasteiger partial charge in [0.15, 0.2) is 0 Å². The molecule has 0 fully saturated rings. The summed E-state index contributed by atoms with van der Waals surface area (Å²) in [7, 11) is 0. The van der Waals surface area contributed by atoms with Gasteiger partial charge in [0.25, 0.3) is 0 Å². The van der Waals surface area contributed by atoms with Crippen molar-refractivity contribution in [1.29, 1.82) is 0 Å². The van der Waals surface area contributed by atoms with E-state index in [1.165, 1.54) is 0 Å². The summed E-state index contributed by atoms with van der Waals surface area (Å²) in [6, 6.07) is 23.9. The number of carbonyl (C=O) groups is 5. The summed E-state index contributed by atoms with van der Waals surface area (Å²) in [5.41, 5.74) is 14.4. The SMILES string of the molecule is CC(C)C[C@@H](CN[C@@H](CC(C)C)C(N)=O)NC(=O)CNC(=O)[C@H](Cc1ccccc1)NC(=O)[C@H](Cc1ccccc1)NC(=O)[C@H](N)Cc1ccccc1. The standard InChI is InChI=1S/C41H57N7O5/c1-27(2)20-32(25-44-34(38(43)50)21-28(3)4)46-37(49)26-45-40(52)35(23-30-16-10-6-11-17-30)48-41(53)36(24-31-18-12-7-13-19-31)47-39(51)33(42)22-29-14-8-5-9-15-29/h5-19,27-28,32-36,44H,20-26,42H2,1-4H3,(H2,43,50)(H,45,52)(H,46,49)(H,47,51)(H,48,53)/t32-,33+,34-,35-,36-/m0/s1. The average Bonchev–Trinajstić information content (AvgIpc) is 3.12. The van der Waals surface area contributed by atoms with Crippen LogP contribution in [-0.4, -0.2) is 72.8 Å². The number of hydrogen-bond acceptors (Lipinski definition) is 7. The number of rotatable bonds is 22. The first-order valence-electron chi connectivity index (χ1n) is 18.4. The van der Waals surface area contributed by atoms with Gasteiger partial charge < -0.3 is 38.1 Å². The molecule has 0 aliphatic heterocycles. The summed E-state index contributed by atoms with van der Waals surface area (Å²) < 4.78 is 0. The number of nitrogens with two attached hydrogens (primary N) is 2. The fraction of sp³-hybridized carbons (Fsp3) is 0.439. The zero-order valence-electron chi connectivity index (χ0n) is 31.3. The van der Waals surface area contributed by atoms with Gasteiger partial charge in [-0.25, -0.2) is 0 Å². The molecule has 3 rings (SSSR count). The maximum absolute atomic E-state index is 13.9. The zero-order chi connectivity index (χ0) is 38.8. The molecule has 0 radical (unpaired) electrons. The molecule has 0 spiro atoms. The monoisotopic (exact) mass is 727 g/mol. The van der Waals surface area contributed by atoms with E-state index in [0.717, 1.165) is 16.7 Å². The first kappa shape index (κ1) is 42.3. The molecule has 12 heteroatoms. The van der Waals surface area contributed by atoms with Crippen LogP contribution in [0.15, 0.2) is 91.0 Å². The van der Waals surface area contributed by atoms with Crippen LogP contribution in [-0.2, 0) is 43.2 Å². The second kappa shape index (κ2) is 22.1. The maximum Gasteiger partial charge on any atom is 0.243 e. The first-order valence-corrected chi connectivity index (χ1v) is 18.4. The largest absolute Gasteiger partial charge is 0.368 e. The molecule has 286 valence electrons. The molecule has 0 saturated carbocycles. The predicted molar refractivity (Wildman–Crippen MR) is 207 cm³/mol. The van der Waals surface area contributed by atoms with Crippen LogP contribution < -0.4 is 38.1 Å². The molecule has 5 atom stereocenters. The van der Waals surface area contributed by atoms with Crippen molar-refractivity contribution in [2.75, 3.05) is 13.1 Å². The van der Waals surface area contributed by atoms with E-state index in [1.807, 2.05) is 119 Å². The Labute approximate surface area is 313 Å². The van der Waals surface area contributed by atoms with E-state index in [4.69, 9.17) is 11.5 Å². The quantitative estimate of drug-likeness (QED) is 0.0823. The minimum atomic E-state index is -1.06. The van der Waals surface area contributed by atoms with Crippen LogP contribution in [0.1, 0.15) is 57.2 Å². The van der Waals surface area contributed by atoms with Crippen LogP contribution in [0.4, 0.5) is 0 Å². The van der Waals surface area contributed by atoms with Crippen molar-refractivity contribution in [2.24, 2.45) is 23.3 Å². The van der Waals surface area contributed by atoms with Crippen molar-refractivity contribution < 1.29 is 24.0 Å². The maximum atomic E-state index is 13.9. The highest BCUT2D eigenvalue weighted by Gasteiger charge is 2.29. The van der Waals surface area contributed by atoms with Crippen molar-refractivity contribution in [3.63, 3.8) is 0 Å². The number of carbonyl (C=O) groups excluding carboxylic acids is 5. The zero-order valence-corrected chi connectivity index (χ0v) is 31.3. The number of primary amides is 1. The van der Waals surface area contributed by atoms with E-state index in [1.54, 1.807) is 0 Å². The second-order valence-electron chi connectivity index (χ2n) is 14.4. The molecule has 3 aromatic carbocycles. The van der Waals surface area contributed by atoms with Crippen LogP contribution in [0.25, 0.3) is 0 Å². The highest BCUT2D eigenvalue weighted by Crippen LogP contribution is 2.10. The minimum Gasteiger partial charge on any atom is -0.368 e. The lowest BCUT2D eigenvalue weighted by molar-refractivity contribution is -0.133. The van der Waals surface area contributed by atoms with Crippen molar-refractivity contribution >= 4 is 29.5 Å². The second-order valence-corrected chi connectivity index (χ2v) is 14.4. The van der Waals surface area contributed by atoms with Crippen molar-refractivity contribution in [2.45, 2.75) is 90.0 Å². The Hall–Kier alpha value is -5.07. The molecule has 0 bridgehead atoms. The van der Waals surface area contributed by atoms with Gasteiger partial charge in [0.2, 0.25) is 29.5 Å². The number of nitrogens with one attached hydrogen (secondary N) is 5. The van der Waals surface area contributed by atoms with E-state index in [9.17, 15) is 24.0 Å². The molecule has 0 unspecified atom stereocenters. The Balaban J connectivity index is 1.72.